The van der Waals surface area contributed by atoms with Gasteiger partial charge in [0.2, 0.25) is 15.9 Å². The normalized spacial score (nSPS) is 18.4. The summed E-state index contributed by atoms with van der Waals surface area (Å²) in [5, 5.41) is 0.763. The van der Waals surface area contributed by atoms with Gasteiger partial charge in [-0.2, -0.15) is 4.31 Å². The number of likely N-dealkylation sites (tertiary alicyclic amines) is 1. The quantitative estimate of drug-likeness (QED) is 0.669. The summed E-state index contributed by atoms with van der Waals surface area (Å²) in [5.41, 5.74) is 1.57. The highest BCUT2D eigenvalue weighted by atomic mass is 32.2. The number of sulfonamides is 1. The second-order valence-corrected chi connectivity index (χ2v) is 10.2. The summed E-state index contributed by atoms with van der Waals surface area (Å²) < 4.78 is 29.5. The lowest BCUT2D eigenvalue weighted by Crippen LogP contribution is -2.43. The topological polar surface area (TPSA) is 75.5 Å². The summed E-state index contributed by atoms with van der Waals surface area (Å²) in [6.07, 6.45) is 4.00. The molecule has 4 rings (SSSR count). The Morgan fingerprint density at radius 2 is 1.86 bits per heavy atom. The standard InChI is InChI=1S/C19H26N4O3S2/c1-2-23-17-8-7-15(28(25,26)22-11-4-3-5-12-22)13-16(17)20-19(23)27-14-18(24)21-9-6-10-21/h7-8,13H,2-6,9-12,14H2,1H3. The molecule has 1 aromatic carbocycles. The molecule has 0 aliphatic carbocycles. The Morgan fingerprint density at radius 3 is 2.50 bits per heavy atom. The summed E-state index contributed by atoms with van der Waals surface area (Å²) in [6.45, 7) is 5.62. The van der Waals surface area contributed by atoms with Gasteiger partial charge in [0.1, 0.15) is 0 Å². The highest BCUT2D eigenvalue weighted by molar-refractivity contribution is 7.99. The summed E-state index contributed by atoms with van der Waals surface area (Å²) in [7, 11) is -3.48. The van der Waals surface area contributed by atoms with Crippen molar-refractivity contribution in [3.63, 3.8) is 0 Å². The van der Waals surface area contributed by atoms with Crippen LogP contribution >= 0.6 is 11.8 Å². The number of aryl methyl sites for hydroxylation is 1. The third-order valence-electron chi connectivity index (χ3n) is 5.49. The van der Waals surface area contributed by atoms with E-state index in [1.54, 1.807) is 16.4 Å². The van der Waals surface area contributed by atoms with E-state index in [9.17, 15) is 13.2 Å². The molecule has 0 N–H and O–H groups in total. The van der Waals surface area contributed by atoms with Crippen LogP contribution in [0.2, 0.25) is 0 Å². The molecule has 0 atom stereocenters. The molecule has 1 amide bonds. The van der Waals surface area contributed by atoms with Crippen molar-refractivity contribution in [2.75, 3.05) is 31.9 Å². The summed E-state index contributed by atoms with van der Waals surface area (Å²) in [4.78, 5) is 19.0. The van der Waals surface area contributed by atoms with Gasteiger partial charge in [-0.25, -0.2) is 13.4 Å². The number of hydrogen-bond acceptors (Lipinski definition) is 5. The van der Waals surface area contributed by atoms with E-state index in [1.807, 2.05) is 22.5 Å². The van der Waals surface area contributed by atoms with Crippen molar-refractivity contribution in [3.05, 3.63) is 18.2 Å². The molecule has 0 bridgehead atoms. The van der Waals surface area contributed by atoms with Gasteiger partial charge in [0.25, 0.3) is 0 Å². The number of piperidine rings is 1. The lowest BCUT2D eigenvalue weighted by atomic mass is 10.2. The Kier molecular flexibility index (Phi) is 5.66. The first-order valence-corrected chi connectivity index (χ1v) is 12.3. The van der Waals surface area contributed by atoms with Crippen LogP contribution in [0.4, 0.5) is 0 Å². The predicted octanol–water partition coefficient (Wildman–Crippen LogP) is 2.56. The van der Waals surface area contributed by atoms with Gasteiger partial charge in [0, 0.05) is 32.7 Å². The second-order valence-electron chi connectivity index (χ2n) is 7.28. The number of amides is 1. The van der Waals surface area contributed by atoms with Gasteiger partial charge >= 0.3 is 0 Å². The molecule has 0 radical (unpaired) electrons. The fourth-order valence-electron chi connectivity index (χ4n) is 3.70. The maximum atomic E-state index is 13.0. The average Bonchev–Trinajstić information content (AvgIpc) is 3.02. The van der Waals surface area contributed by atoms with Crippen molar-refractivity contribution in [2.24, 2.45) is 0 Å². The number of imidazole rings is 1. The number of fused-ring (bicyclic) bond motifs is 1. The Labute approximate surface area is 170 Å². The molecule has 0 saturated carbocycles. The second kappa shape index (κ2) is 8.04. The highest BCUT2D eigenvalue weighted by Gasteiger charge is 2.27. The minimum atomic E-state index is -3.48. The van der Waals surface area contributed by atoms with Gasteiger partial charge < -0.3 is 9.47 Å². The van der Waals surface area contributed by atoms with Crippen LogP contribution in [-0.2, 0) is 21.4 Å². The zero-order chi connectivity index (χ0) is 19.7. The third kappa shape index (κ3) is 3.67. The van der Waals surface area contributed by atoms with Crippen LogP contribution in [0.25, 0.3) is 11.0 Å². The largest absolute Gasteiger partial charge is 0.342 e. The summed E-state index contributed by atoms with van der Waals surface area (Å²) in [6, 6.07) is 5.19. The van der Waals surface area contributed by atoms with Gasteiger partial charge in [-0.15, -0.1) is 0 Å². The third-order valence-corrected chi connectivity index (χ3v) is 8.34. The monoisotopic (exact) mass is 422 g/mol. The number of carbonyl (C=O) groups excluding carboxylic acids is 1. The zero-order valence-corrected chi connectivity index (χ0v) is 17.8. The van der Waals surface area contributed by atoms with Crippen molar-refractivity contribution < 1.29 is 13.2 Å². The molecule has 2 saturated heterocycles. The molecule has 28 heavy (non-hydrogen) atoms. The van der Waals surface area contributed by atoms with E-state index in [0.717, 1.165) is 56.0 Å². The maximum absolute atomic E-state index is 13.0. The fraction of sp³-hybridized carbons (Fsp3) is 0.579. The highest BCUT2D eigenvalue weighted by Crippen LogP contribution is 2.28. The van der Waals surface area contributed by atoms with Crippen LogP contribution < -0.4 is 0 Å². The Hall–Kier alpha value is -1.58. The Morgan fingerprint density at radius 1 is 1.11 bits per heavy atom. The van der Waals surface area contributed by atoms with Gasteiger partial charge in [0.15, 0.2) is 5.16 Å². The molecule has 2 aromatic rings. The molecule has 2 aliphatic heterocycles. The molecule has 7 nitrogen and oxygen atoms in total. The first-order chi connectivity index (χ1) is 13.5. The average molecular weight is 423 g/mol. The molecule has 1 aromatic heterocycles. The van der Waals surface area contributed by atoms with E-state index < -0.39 is 10.0 Å². The summed E-state index contributed by atoms with van der Waals surface area (Å²) >= 11 is 1.43. The smallest absolute Gasteiger partial charge is 0.243 e. The van der Waals surface area contributed by atoms with Crippen molar-refractivity contribution in [3.8, 4) is 0 Å². The number of rotatable bonds is 6. The molecule has 2 aliphatic rings. The number of aromatic nitrogens is 2. The van der Waals surface area contributed by atoms with E-state index in [1.165, 1.54) is 11.8 Å². The van der Waals surface area contributed by atoms with Crippen molar-refractivity contribution in [1.82, 2.24) is 18.8 Å². The minimum Gasteiger partial charge on any atom is -0.342 e. The van der Waals surface area contributed by atoms with Crippen molar-refractivity contribution >= 4 is 38.7 Å². The van der Waals surface area contributed by atoms with E-state index in [4.69, 9.17) is 0 Å². The van der Waals surface area contributed by atoms with E-state index in [0.29, 0.717) is 29.3 Å². The molecule has 0 spiro atoms. The lowest BCUT2D eigenvalue weighted by molar-refractivity contribution is -0.131. The van der Waals surface area contributed by atoms with Crippen LogP contribution in [0.15, 0.2) is 28.3 Å². The SMILES string of the molecule is CCn1c(SCC(=O)N2CCC2)nc2cc(S(=O)(=O)N3CCCCC3)ccc21. The Bertz CT molecular complexity index is 976. The number of nitrogens with zero attached hydrogens (tertiary/aromatic N) is 4. The predicted molar refractivity (Wildman–Crippen MR) is 110 cm³/mol. The van der Waals surface area contributed by atoms with Crippen molar-refractivity contribution in [1.29, 1.82) is 0 Å². The van der Waals surface area contributed by atoms with Gasteiger partial charge in [0.05, 0.1) is 21.7 Å². The van der Waals surface area contributed by atoms with Crippen LogP contribution in [0, 0.1) is 0 Å². The number of carbonyl (C=O) groups is 1. The van der Waals surface area contributed by atoms with Crippen LogP contribution in [0.5, 0.6) is 0 Å². The molecule has 3 heterocycles. The molecule has 2 fully saturated rings. The maximum Gasteiger partial charge on any atom is 0.243 e. The first kappa shape index (κ1) is 19.7. The summed E-state index contributed by atoms with van der Waals surface area (Å²) in [5.74, 6) is 0.502. The molecular weight excluding hydrogens is 396 g/mol. The lowest BCUT2D eigenvalue weighted by Gasteiger charge is -2.30. The number of thioether (sulfide) groups is 1. The number of benzene rings is 1. The first-order valence-electron chi connectivity index (χ1n) is 9.91. The van der Waals surface area contributed by atoms with Crippen LogP contribution in [0.3, 0.4) is 0 Å². The van der Waals surface area contributed by atoms with E-state index >= 15 is 0 Å². The van der Waals surface area contributed by atoms with Crippen LogP contribution in [-0.4, -0.2) is 65.0 Å². The van der Waals surface area contributed by atoms with E-state index in [-0.39, 0.29) is 5.91 Å². The molecule has 152 valence electrons. The van der Waals surface area contributed by atoms with Gasteiger partial charge in [-0.1, -0.05) is 18.2 Å². The van der Waals surface area contributed by atoms with Gasteiger partial charge in [-0.3, -0.25) is 4.79 Å². The Balaban J connectivity index is 1.59. The zero-order valence-electron chi connectivity index (χ0n) is 16.1. The molecule has 0 unspecified atom stereocenters. The fourth-order valence-corrected chi connectivity index (χ4v) is 6.22. The van der Waals surface area contributed by atoms with Crippen LogP contribution in [0.1, 0.15) is 32.6 Å². The molecule has 9 heteroatoms. The number of hydrogen-bond donors (Lipinski definition) is 0. The van der Waals surface area contributed by atoms with Gasteiger partial charge in [-0.05, 0) is 44.4 Å². The molecular formula is C19H26N4O3S2. The minimum absolute atomic E-state index is 0.138. The van der Waals surface area contributed by atoms with Crippen molar-refractivity contribution in [2.45, 2.75) is 49.2 Å². The van der Waals surface area contributed by atoms with E-state index in [2.05, 4.69) is 4.98 Å².